The molecule has 0 radical (unpaired) electrons. The predicted molar refractivity (Wildman–Crippen MR) is 77.6 cm³/mol. The lowest BCUT2D eigenvalue weighted by Gasteiger charge is -2.31. The maximum absolute atomic E-state index is 9.99. The minimum absolute atomic E-state index is 0.245. The first-order valence-corrected chi connectivity index (χ1v) is 7.09. The van der Waals surface area contributed by atoms with Crippen molar-refractivity contribution < 1.29 is 10.2 Å². The molecule has 0 saturated carbocycles. The zero-order valence-electron chi connectivity index (χ0n) is 10.9. The maximum atomic E-state index is 9.99. The van der Waals surface area contributed by atoms with Crippen molar-refractivity contribution >= 4 is 17.3 Å². The van der Waals surface area contributed by atoms with Gasteiger partial charge in [-0.2, -0.15) is 0 Å². The van der Waals surface area contributed by atoms with Crippen molar-refractivity contribution in [3.63, 3.8) is 0 Å². The molecular weight excluding hydrogens is 264 g/mol. The first kappa shape index (κ1) is 14.6. The number of nitrogens with one attached hydrogen (secondary N) is 1. The zero-order chi connectivity index (χ0) is 13.7. The molecule has 4 nitrogen and oxygen atoms in total. The van der Waals surface area contributed by atoms with E-state index in [1.807, 2.05) is 24.3 Å². The van der Waals surface area contributed by atoms with E-state index in [2.05, 4.69) is 10.2 Å². The van der Waals surface area contributed by atoms with Crippen LogP contribution in [0.1, 0.15) is 12.8 Å². The van der Waals surface area contributed by atoms with Gasteiger partial charge >= 0.3 is 0 Å². The summed E-state index contributed by atoms with van der Waals surface area (Å²) in [5.74, 6) is 0. The van der Waals surface area contributed by atoms with E-state index in [9.17, 15) is 10.2 Å². The fraction of sp³-hybridized carbons (Fsp3) is 0.571. The van der Waals surface area contributed by atoms with E-state index in [1.54, 1.807) is 0 Å². The van der Waals surface area contributed by atoms with Crippen LogP contribution < -0.4 is 5.32 Å². The van der Waals surface area contributed by atoms with Gasteiger partial charge < -0.3 is 15.5 Å². The molecule has 2 rings (SSSR count). The third-order valence-corrected chi connectivity index (χ3v) is 3.59. The van der Waals surface area contributed by atoms with Gasteiger partial charge in [-0.05, 0) is 43.7 Å². The summed E-state index contributed by atoms with van der Waals surface area (Å²) in [5, 5.41) is 23.4. The van der Waals surface area contributed by atoms with Crippen LogP contribution in [-0.4, -0.2) is 53.5 Å². The van der Waals surface area contributed by atoms with Gasteiger partial charge in [0, 0.05) is 30.3 Å². The van der Waals surface area contributed by atoms with Crippen molar-refractivity contribution in [1.29, 1.82) is 0 Å². The van der Waals surface area contributed by atoms with E-state index in [0.29, 0.717) is 24.7 Å². The van der Waals surface area contributed by atoms with E-state index in [0.717, 1.165) is 25.1 Å². The quantitative estimate of drug-likeness (QED) is 0.768. The number of likely N-dealkylation sites (tertiary alicyclic amines) is 1. The van der Waals surface area contributed by atoms with E-state index >= 15 is 0 Å². The molecule has 0 bridgehead atoms. The van der Waals surface area contributed by atoms with Crippen molar-refractivity contribution in [2.24, 2.45) is 0 Å². The Labute approximate surface area is 119 Å². The number of anilines is 1. The molecule has 1 aliphatic rings. The summed E-state index contributed by atoms with van der Waals surface area (Å²) >= 11 is 5.81. The minimum atomic E-state index is -0.444. The van der Waals surface area contributed by atoms with Crippen LogP contribution in [0.15, 0.2) is 24.3 Å². The molecule has 19 heavy (non-hydrogen) atoms. The molecule has 0 aromatic heterocycles. The first-order chi connectivity index (χ1) is 9.13. The highest BCUT2D eigenvalue weighted by Gasteiger charge is 2.19. The molecule has 1 heterocycles. The second-order valence-corrected chi connectivity index (χ2v) is 5.53. The highest BCUT2D eigenvalue weighted by Crippen LogP contribution is 2.14. The molecule has 1 fully saturated rings. The lowest BCUT2D eigenvalue weighted by Crippen LogP contribution is -2.43. The Morgan fingerprint density at radius 2 is 2.11 bits per heavy atom. The van der Waals surface area contributed by atoms with Crippen LogP contribution in [0, 0.1) is 0 Å². The van der Waals surface area contributed by atoms with Crippen LogP contribution in [0.25, 0.3) is 0 Å². The normalized spacial score (nSPS) is 22.2. The van der Waals surface area contributed by atoms with Gasteiger partial charge in [0.05, 0.1) is 12.2 Å². The van der Waals surface area contributed by atoms with Gasteiger partial charge in [0.2, 0.25) is 0 Å². The number of hydrogen-bond donors (Lipinski definition) is 3. The molecule has 0 amide bonds. The summed E-state index contributed by atoms with van der Waals surface area (Å²) in [4.78, 5) is 2.11. The number of β-amino-alcohol motifs (C(OH)–C–C–N with tert-alkyl or cyclic N) is 2. The smallest absolute Gasteiger partial charge is 0.0839 e. The Bertz CT molecular complexity index is 386. The number of aliphatic hydroxyl groups is 2. The van der Waals surface area contributed by atoms with Crippen molar-refractivity contribution in [1.82, 2.24) is 4.90 Å². The molecule has 1 aromatic rings. The standard InChI is InChI=1S/C14H21ClN2O2/c15-11-3-5-12(6-4-11)16-8-14(19)10-17-7-1-2-13(18)9-17/h3-6,13-14,16,18-19H,1-2,7-10H2/t13-,14-/m1/s1. The Morgan fingerprint density at radius 3 is 2.79 bits per heavy atom. The lowest BCUT2D eigenvalue weighted by atomic mass is 10.1. The van der Waals surface area contributed by atoms with Gasteiger partial charge in [0.25, 0.3) is 0 Å². The molecule has 106 valence electrons. The molecule has 3 N–H and O–H groups in total. The number of hydrogen-bond acceptors (Lipinski definition) is 4. The average Bonchev–Trinajstić information content (AvgIpc) is 2.38. The van der Waals surface area contributed by atoms with Crippen LogP contribution in [0.4, 0.5) is 5.69 Å². The number of aliphatic hydroxyl groups excluding tert-OH is 2. The van der Waals surface area contributed by atoms with Crippen molar-refractivity contribution in [2.75, 3.05) is 31.5 Å². The molecule has 2 atom stereocenters. The second kappa shape index (κ2) is 7.10. The largest absolute Gasteiger partial charge is 0.392 e. The third kappa shape index (κ3) is 4.99. The summed E-state index contributed by atoms with van der Waals surface area (Å²) in [6, 6.07) is 7.41. The van der Waals surface area contributed by atoms with Crippen molar-refractivity contribution in [3.05, 3.63) is 29.3 Å². The van der Waals surface area contributed by atoms with E-state index in [-0.39, 0.29) is 6.10 Å². The zero-order valence-corrected chi connectivity index (χ0v) is 11.7. The number of piperidine rings is 1. The molecule has 0 aliphatic carbocycles. The summed E-state index contributed by atoms with van der Waals surface area (Å²) in [6.07, 6.45) is 1.18. The second-order valence-electron chi connectivity index (χ2n) is 5.10. The first-order valence-electron chi connectivity index (χ1n) is 6.71. The summed E-state index contributed by atoms with van der Waals surface area (Å²) < 4.78 is 0. The van der Waals surface area contributed by atoms with E-state index < -0.39 is 6.10 Å². The SMILES string of the molecule is O[C@@H]1CCCN(C[C@H](O)CNc2ccc(Cl)cc2)C1. The Morgan fingerprint density at radius 1 is 1.37 bits per heavy atom. The van der Waals surface area contributed by atoms with Crippen molar-refractivity contribution in [3.8, 4) is 0 Å². The van der Waals surface area contributed by atoms with Crippen LogP contribution in [0.3, 0.4) is 0 Å². The highest BCUT2D eigenvalue weighted by atomic mass is 35.5. The maximum Gasteiger partial charge on any atom is 0.0839 e. The molecule has 0 spiro atoms. The highest BCUT2D eigenvalue weighted by molar-refractivity contribution is 6.30. The van der Waals surface area contributed by atoms with Crippen LogP contribution in [0.5, 0.6) is 0 Å². The topological polar surface area (TPSA) is 55.7 Å². The van der Waals surface area contributed by atoms with Crippen LogP contribution >= 0.6 is 11.6 Å². The molecule has 1 aliphatic heterocycles. The molecular formula is C14H21ClN2O2. The fourth-order valence-corrected chi connectivity index (χ4v) is 2.49. The number of halogens is 1. The molecule has 1 aromatic carbocycles. The molecule has 0 unspecified atom stereocenters. The van der Waals surface area contributed by atoms with Crippen LogP contribution in [-0.2, 0) is 0 Å². The van der Waals surface area contributed by atoms with Crippen molar-refractivity contribution in [2.45, 2.75) is 25.0 Å². The van der Waals surface area contributed by atoms with Gasteiger partial charge in [-0.1, -0.05) is 11.6 Å². The summed E-state index contributed by atoms with van der Waals surface area (Å²) in [5.41, 5.74) is 0.946. The van der Waals surface area contributed by atoms with Gasteiger partial charge in [-0.15, -0.1) is 0 Å². The van der Waals surface area contributed by atoms with E-state index in [1.165, 1.54) is 0 Å². The average molecular weight is 285 g/mol. The Hall–Kier alpha value is -0.810. The minimum Gasteiger partial charge on any atom is -0.392 e. The molecule has 5 heteroatoms. The Balaban J connectivity index is 1.72. The number of nitrogens with zero attached hydrogens (tertiary/aromatic N) is 1. The van der Waals surface area contributed by atoms with Gasteiger partial charge in [0.15, 0.2) is 0 Å². The number of benzene rings is 1. The fourth-order valence-electron chi connectivity index (χ4n) is 2.36. The van der Waals surface area contributed by atoms with Gasteiger partial charge in [0.1, 0.15) is 0 Å². The van der Waals surface area contributed by atoms with Crippen LogP contribution in [0.2, 0.25) is 5.02 Å². The van der Waals surface area contributed by atoms with Gasteiger partial charge in [-0.25, -0.2) is 0 Å². The number of rotatable bonds is 5. The van der Waals surface area contributed by atoms with Gasteiger partial charge in [-0.3, -0.25) is 4.90 Å². The van der Waals surface area contributed by atoms with E-state index in [4.69, 9.17) is 11.6 Å². The summed E-state index contributed by atoms with van der Waals surface area (Å²) in [7, 11) is 0. The monoisotopic (exact) mass is 284 g/mol. The third-order valence-electron chi connectivity index (χ3n) is 3.34. The lowest BCUT2D eigenvalue weighted by molar-refractivity contribution is 0.0428. The summed E-state index contributed by atoms with van der Waals surface area (Å²) in [6.45, 7) is 2.71. The Kier molecular flexibility index (Phi) is 5.45. The predicted octanol–water partition coefficient (Wildman–Crippen LogP) is 1.57. The molecule has 1 saturated heterocycles.